The van der Waals surface area contributed by atoms with E-state index >= 15 is 0 Å². The van der Waals surface area contributed by atoms with Gasteiger partial charge >= 0.3 is 11.9 Å². The molecule has 1 fully saturated rings. The van der Waals surface area contributed by atoms with E-state index in [4.69, 9.17) is 18.9 Å². The number of unbranched alkanes of at least 4 members (excludes halogenated alkanes) is 17. The summed E-state index contributed by atoms with van der Waals surface area (Å²) in [5.41, 5.74) is 0. The predicted octanol–water partition coefficient (Wildman–Crippen LogP) is 10.2. The zero-order valence-corrected chi connectivity index (χ0v) is 37.0. The zero-order valence-electron chi connectivity index (χ0n) is 37.0. The third-order valence-corrected chi connectivity index (χ3v) is 10.4. The quantitative estimate of drug-likeness (QED) is 0.0269. The first-order chi connectivity index (χ1) is 28.8. The molecule has 340 valence electrons. The fraction of sp³-hybridized carbons (Fsp3) is 0.755. The molecule has 1 aliphatic heterocycles. The number of aliphatic hydroxyl groups excluding tert-OH is 4. The maximum atomic E-state index is 12.8. The highest BCUT2D eigenvalue weighted by Gasteiger charge is 2.44. The van der Waals surface area contributed by atoms with Crippen molar-refractivity contribution >= 4 is 11.9 Å². The minimum Gasteiger partial charge on any atom is -0.462 e. The molecule has 0 amide bonds. The topological polar surface area (TPSA) is 152 Å². The van der Waals surface area contributed by atoms with Gasteiger partial charge in [-0.1, -0.05) is 152 Å². The van der Waals surface area contributed by atoms with E-state index < -0.39 is 55.4 Å². The van der Waals surface area contributed by atoms with Crippen LogP contribution in [0.4, 0.5) is 0 Å². The van der Waals surface area contributed by atoms with Crippen LogP contribution in [-0.2, 0) is 28.5 Å². The summed E-state index contributed by atoms with van der Waals surface area (Å²) in [6.07, 6.45) is 40.9. The van der Waals surface area contributed by atoms with Gasteiger partial charge in [-0.3, -0.25) is 9.59 Å². The van der Waals surface area contributed by atoms with E-state index in [9.17, 15) is 30.0 Å². The predicted molar refractivity (Wildman–Crippen MR) is 238 cm³/mol. The molecule has 10 heteroatoms. The van der Waals surface area contributed by atoms with Crippen molar-refractivity contribution in [1.29, 1.82) is 0 Å². The van der Waals surface area contributed by atoms with Gasteiger partial charge in [-0.25, -0.2) is 0 Å². The molecule has 6 atom stereocenters. The minimum absolute atomic E-state index is 0.159. The molecular formula is C49H84O10. The Morgan fingerprint density at radius 3 is 1.51 bits per heavy atom. The maximum absolute atomic E-state index is 12.8. The first kappa shape index (κ1) is 54.4. The third kappa shape index (κ3) is 31.0. The van der Waals surface area contributed by atoms with E-state index in [1.165, 1.54) is 83.5 Å². The molecule has 1 heterocycles. The van der Waals surface area contributed by atoms with E-state index in [0.717, 1.165) is 51.4 Å². The van der Waals surface area contributed by atoms with E-state index in [1.54, 1.807) is 0 Å². The Bertz CT molecular complexity index is 1150. The number of hydrogen-bond donors (Lipinski definition) is 4. The van der Waals surface area contributed by atoms with Crippen LogP contribution in [0.2, 0.25) is 0 Å². The molecule has 1 saturated heterocycles. The standard InChI is InChI=1S/C49H84O10/c1-3-5-7-9-11-13-15-17-19-21-23-25-27-29-31-33-35-37-44(51)56-40-42(41-57-49-48(55)47(54)46(53)43(39-50)59-49)58-45(52)38-36-34-32-30-28-26-24-22-20-18-16-14-12-10-8-6-4-2/h11,13,17,19,23-26,30,32,42-43,46-50,53-55H,3-10,12,14-16,18,20-22,27-29,31,33-41H2,1-2H3/b13-11+,19-17+,25-23+,26-24+,32-30+/t42-,43-,46+,47?,48?,49-/m0/s1. The summed E-state index contributed by atoms with van der Waals surface area (Å²) in [4.78, 5) is 25.3. The summed E-state index contributed by atoms with van der Waals surface area (Å²) in [7, 11) is 0. The van der Waals surface area contributed by atoms with Crippen LogP contribution in [-0.4, -0.2) is 89.0 Å². The second-order valence-electron chi connectivity index (χ2n) is 15.8. The monoisotopic (exact) mass is 833 g/mol. The number of esters is 2. The van der Waals surface area contributed by atoms with Crippen molar-refractivity contribution in [2.75, 3.05) is 19.8 Å². The molecule has 1 rings (SSSR count). The normalized spacial score (nSPS) is 20.5. The fourth-order valence-electron chi connectivity index (χ4n) is 6.65. The summed E-state index contributed by atoms with van der Waals surface area (Å²) in [6, 6.07) is 0. The van der Waals surface area contributed by atoms with Crippen LogP contribution < -0.4 is 0 Å². The Hall–Kier alpha value is -2.60. The molecular weight excluding hydrogens is 749 g/mol. The highest BCUT2D eigenvalue weighted by Crippen LogP contribution is 2.22. The van der Waals surface area contributed by atoms with Gasteiger partial charge in [0.05, 0.1) is 13.2 Å². The van der Waals surface area contributed by atoms with Crippen LogP contribution in [0.25, 0.3) is 0 Å². The average Bonchev–Trinajstić information content (AvgIpc) is 3.23. The van der Waals surface area contributed by atoms with Crippen LogP contribution in [0.1, 0.15) is 181 Å². The van der Waals surface area contributed by atoms with E-state index in [-0.39, 0.29) is 26.1 Å². The first-order valence-corrected chi connectivity index (χ1v) is 23.4. The van der Waals surface area contributed by atoms with Gasteiger partial charge in [0.1, 0.15) is 31.0 Å². The molecule has 4 N–H and O–H groups in total. The van der Waals surface area contributed by atoms with E-state index in [0.29, 0.717) is 19.3 Å². The van der Waals surface area contributed by atoms with Crippen LogP contribution in [0.5, 0.6) is 0 Å². The van der Waals surface area contributed by atoms with Gasteiger partial charge in [-0.2, -0.15) is 0 Å². The number of allylic oxidation sites excluding steroid dienone is 10. The average molecular weight is 833 g/mol. The highest BCUT2D eigenvalue weighted by atomic mass is 16.7. The molecule has 0 radical (unpaired) electrons. The lowest BCUT2D eigenvalue weighted by Gasteiger charge is -2.39. The summed E-state index contributed by atoms with van der Waals surface area (Å²) in [5.74, 6) is -0.887. The molecule has 0 bridgehead atoms. The lowest BCUT2D eigenvalue weighted by molar-refractivity contribution is -0.305. The molecule has 0 aromatic heterocycles. The van der Waals surface area contributed by atoms with Gasteiger partial charge in [0, 0.05) is 12.8 Å². The molecule has 0 aromatic rings. The summed E-state index contributed by atoms with van der Waals surface area (Å²) < 4.78 is 22.1. The third-order valence-electron chi connectivity index (χ3n) is 10.4. The lowest BCUT2D eigenvalue weighted by Crippen LogP contribution is -2.59. The Kier molecular flexibility index (Phi) is 36.5. The van der Waals surface area contributed by atoms with Gasteiger partial charge in [0.25, 0.3) is 0 Å². The lowest BCUT2D eigenvalue weighted by atomic mass is 9.99. The molecule has 0 aliphatic carbocycles. The van der Waals surface area contributed by atoms with E-state index in [2.05, 4.69) is 74.6 Å². The molecule has 1 aliphatic rings. The zero-order chi connectivity index (χ0) is 43.0. The number of ether oxygens (including phenoxy) is 4. The molecule has 59 heavy (non-hydrogen) atoms. The van der Waals surface area contributed by atoms with Crippen LogP contribution in [0.3, 0.4) is 0 Å². The maximum Gasteiger partial charge on any atom is 0.306 e. The Labute approximate surface area is 358 Å². The molecule has 10 nitrogen and oxygen atoms in total. The second kappa shape index (κ2) is 39.5. The van der Waals surface area contributed by atoms with Crippen LogP contribution in [0.15, 0.2) is 60.8 Å². The Morgan fingerprint density at radius 1 is 0.525 bits per heavy atom. The van der Waals surface area contributed by atoms with E-state index in [1.807, 2.05) is 0 Å². The number of carbonyl (C=O) groups is 2. The largest absolute Gasteiger partial charge is 0.462 e. The Morgan fingerprint density at radius 2 is 0.966 bits per heavy atom. The van der Waals surface area contributed by atoms with Crippen LogP contribution >= 0.6 is 0 Å². The molecule has 0 aromatic carbocycles. The van der Waals surface area contributed by atoms with Gasteiger partial charge in [-0.15, -0.1) is 0 Å². The van der Waals surface area contributed by atoms with Gasteiger partial charge in [0.2, 0.25) is 0 Å². The minimum atomic E-state index is -1.61. The van der Waals surface area contributed by atoms with Crippen molar-refractivity contribution in [3.05, 3.63) is 60.8 Å². The van der Waals surface area contributed by atoms with Gasteiger partial charge in [-0.05, 0) is 77.0 Å². The van der Waals surface area contributed by atoms with Gasteiger partial charge in [0.15, 0.2) is 12.4 Å². The van der Waals surface area contributed by atoms with Crippen molar-refractivity contribution < 1.29 is 49.0 Å². The summed E-state index contributed by atoms with van der Waals surface area (Å²) >= 11 is 0. The smallest absolute Gasteiger partial charge is 0.306 e. The van der Waals surface area contributed by atoms with Crippen molar-refractivity contribution in [2.45, 2.75) is 218 Å². The van der Waals surface area contributed by atoms with Crippen molar-refractivity contribution in [3.63, 3.8) is 0 Å². The summed E-state index contributed by atoms with van der Waals surface area (Å²) in [5, 5.41) is 40.1. The molecule has 2 unspecified atom stereocenters. The number of rotatable bonds is 38. The van der Waals surface area contributed by atoms with Gasteiger partial charge < -0.3 is 39.4 Å². The summed E-state index contributed by atoms with van der Waals surface area (Å²) in [6.45, 7) is 3.33. The SMILES string of the molecule is CCCCC/C=C/C/C=C/C/C=C/CCCCCCC(=O)OC[C@@H](CO[C@H]1O[C@@H](CO)[C@@H](O)C(O)C1O)OC(=O)CCC/C=C/C/C=C/CCCCCCCCCCC. The number of hydrogen-bond acceptors (Lipinski definition) is 10. The molecule has 0 saturated carbocycles. The fourth-order valence-corrected chi connectivity index (χ4v) is 6.65. The van der Waals surface area contributed by atoms with Crippen molar-refractivity contribution in [3.8, 4) is 0 Å². The van der Waals surface area contributed by atoms with Crippen molar-refractivity contribution in [2.24, 2.45) is 0 Å². The Balaban J connectivity index is 2.37. The van der Waals surface area contributed by atoms with Crippen molar-refractivity contribution in [1.82, 2.24) is 0 Å². The number of carbonyl (C=O) groups excluding carboxylic acids is 2. The number of aliphatic hydroxyl groups is 4. The second-order valence-corrected chi connectivity index (χ2v) is 15.8. The van der Waals surface area contributed by atoms with Crippen LogP contribution in [0, 0.1) is 0 Å². The highest BCUT2D eigenvalue weighted by molar-refractivity contribution is 5.70. The first-order valence-electron chi connectivity index (χ1n) is 23.4. The molecule has 0 spiro atoms.